The number of hydrogen-bond acceptors (Lipinski definition) is 1. The highest BCUT2D eigenvalue weighted by atomic mass is 19.4. The van der Waals surface area contributed by atoms with E-state index in [-0.39, 0.29) is 5.69 Å². The minimum Gasteiger partial charge on any atom is -0.380 e. The molecule has 2 aromatic carbocycles. The molecule has 0 aliphatic rings. The second kappa shape index (κ2) is 5.57. The summed E-state index contributed by atoms with van der Waals surface area (Å²) in [5, 5.41) is 2.88. The zero-order valence-corrected chi connectivity index (χ0v) is 11.4. The first kappa shape index (κ1) is 14.4. The number of nitrogens with one attached hydrogen (secondary N) is 1. The molecule has 0 bridgehead atoms. The summed E-state index contributed by atoms with van der Waals surface area (Å²) in [5.41, 5.74) is 2.64. The zero-order chi connectivity index (χ0) is 14.8. The maximum atomic E-state index is 12.9. The van der Waals surface area contributed by atoms with Crippen molar-refractivity contribution in [2.45, 2.75) is 26.6 Å². The van der Waals surface area contributed by atoms with Crippen LogP contribution in [-0.2, 0) is 12.7 Å². The topological polar surface area (TPSA) is 12.0 Å². The van der Waals surface area contributed by atoms with Crippen molar-refractivity contribution in [1.29, 1.82) is 0 Å². The van der Waals surface area contributed by atoms with Gasteiger partial charge in [-0.15, -0.1) is 0 Å². The van der Waals surface area contributed by atoms with Gasteiger partial charge in [0.05, 0.1) is 5.56 Å². The van der Waals surface area contributed by atoms with Crippen molar-refractivity contribution < 1.29 is 13.2 Å². The van der Waals surface area contributed by atoms with E-state index in [0.29, 0.717) is 6.54 Å². The molecule has 1 nitrogen and oxygen atoms in total. The molecule has 0 spiro atoms. The van der Waals surface area contributed by atoms with Crippen LogP contribution in [0.5, 0.6) is 0 Å². The van der Waals surface area contributed by atoms with Crippen molar-refractivity contribution in [2.24, 2.45) is 0 Å². The molecule has 0 amide bonds. The fourth-order valence-electron chi connectivity index (χ4n) is 2.07. The van der Waals surface area contributed by atoms with Crippen LogP contribution in [0.1, 0.15) is 22.3 Å². The number of rotatable bonds is 3. The van der Waals surface area contributed by atoms with Gasteiger partial charge in [0.15, 0.2) is 0 Å². The fourth-order valence-corrected chi connectivity index (χ4v) is 2.07. The quantitative estimate of drug-likeness (QED) is 0.839. The number of halogens is 3. The Morgan fingerprint density at radius 2 is 1.70 bits per heavy atom. The summed E-state index contributed by atoms with van der Waals surface area (Å²) >= 11 is 0. The molecule has 0 aromatic heterocycles. The number of para-hydroxylation sites is 1. The summed E-state index contributed by atoms with van der Waals surface area (Å²) in [6.45, 7) is 4.29. The van der Waals surface area contributed by atoms with Crippen LogP contribution >= 0.6 is 0 Å². The third kappa shape index (κ3) is 3.32. The molecule has 0 saturated heterocycles. The molecule has 0 fully saturated rings. The Balaban J connectivity index is 2.21. The van der Waals surface area contributed by atoms with E-state index >= 15 is 0 Å². The molecule has 0 atom stereocenters. The average Bonchev–Trinajstić information content (AvgIpc) is 2.39. The number of alkyl halides is 3. The van der Waals surface area contributed by atoms with Gasteiger partial charge in [-0.05, 0) is 37.1 Å². The molecule has 2 aromatic rings. The normalized spacial score (nSPS) is 11.4. The van der Waals surface area contributed by atoms with Gasteiger partial charge in [-0.3, -0.25) is 0 Å². The molecule has 2 rings (SSSR count). The van der Waals surface area contributed by atoms with Gasteiger partial charge in [-0.2, -0.15) is 13.2 Å². The fraction of sp³-hybridized carbons (Fsp3) is 0.250. The lowest BCUT2D eigenvalue weighted by Crippen LogP contribution is -2.11. The monoisotopic (exact) mass is 279 g/mol. The molecular formula is C16H16F3N. The van der Waals surface area contributed by atoms with Crippen LogP contribution in [0.25, 0.3) is 0 Å². The van der Waals surface area contributed by atoms with E-state index in [1.54, 1.807) is 6.07 Å². The van der Waals surface area contributed by atoms with E-state index < -0.39 is 11.7 Å². The van der Waals surface area contributed by atoms with Gasteiger partial charge in [0.1, 0.15) is 0 Å². The summed E-state index contributed by atoms with van der Waals surface area (Å²) in [6, 6.07) is 11.5. The SMILES string of the molecule is Cc1ccc(C)c(CNc2ccccc2C(F)(F)F)c1. The van der Waals surface area contributed by atoms with E-state index in [1.165, 1.54) is 12.1 Å². The predicted molar refractivity (Wildman–Crippen MR) is 74.7 cm³/mol. The minimum atomic E-state index is -4.34. The molecule has 0 radical (unpaired) electrons. The van der Waals surface area contributed by atoms with Crippen LogP contribution in [0.2, 0.25) is 0 Å². The number of anilines is 1. The van der Waals surface area contributed by atoms with Gasteiger partial charge in [0.2, 0.25) is 0 Å². The summed E-state index contributed by atoms with van der Waals surface area (Å²) in [7, 11) is 0. The number of hydrogen-bond donors (Lipinski definition) is 1. The Bertz CT molecular complexity index is 603. The van der Waals surface area contributed by atoms with Crippen LogP contribution in [0, 0.1) is 13.8 Å². The summed E-state index contributed by atoms with van der Waals surface area (Å²) < 4.78 is 38.6. The molecular weight excluding hydrogens is 263 g/mol. The van der Waals surface area contributed by atoms with Gasteiger partial charge >= 0.3 is 6.18 Å². The average molecular weight is 279 g/mol. The molecule has 20 heavy (non-hydrogen) atoms. The highest BCUT2D eigenvalue weighted by Gasteiger charge is 2.32. The van der Waals surface area contributed by atoms with E-state index in [2.05, 4.69) is 5.32 Å². The second-order valence-corrected chi connectivity index (χ2v) is 4.83. The molecule has 1 N–H and O–H groups in total. The lowest BCUT2D eigenvalue weighted by atomic mass is 10.1. The first-order valence-corrected chi connectivity index (χ1v) is 6.34. The maximum absolute atomic E-state index is 12.9. The molecule has 4 heteroatoms. The number of aryl methyl sites for hydroxylation is 2. The van der Waals surface area contributed by atoms with E-state index in [0.717, 1.165) is 22.8 Å². The lowest BCUT2D eigenvalue weighted by molar-refractivity contribution is -0.136. The third-order valence-corrected chi connectivity index (χ3v) is 3.21. The molecule has 0 heterocycles. The molecule has 0 saturated carbocycles. The van der Waals surface area contributed by atoms with E-state index in [9.17, 15) is 13.2 Å². The van der Waals surface area contributed by atoms with Crippen molar-refractivity contribution >= 4 is 5.69 Å². The van der Waals surface area contributed by atoms with Crippen molar-refractivity contribution in [3.8, 4) is 0 Å². The van der Waals surface area contributed by atoms with Gasteiger partial charge < -0.3 is 5.32 Å². The highest BCUT2D eigenvalue weighted by molar-refractivity contribution is 5.53. The van der Waals surface area contributed by atoms with Crippen molar-refractivity contribution in [2.75, 3.05) is 5.32 Å². The summed E-state index contributed by atoms with van der Waals surface area (Å²) in [4.78, 5) is 0. The van der Waals surface area contributed by atoms with Crippen LogP contribution in [-0.4, -0.2) is 0 Å². The number of benzene rings is 2. The Hall–Kier alpha value is -1.97. The Kier molecular flexibility index (Phi) is 4.02. The predicted octanol–water partition coefficient (Wildman–Crippen LogP) is 4.93. The minimum absolute atomic E-state index is 0.112. The zero-order valence-electron chi connectivity index (χ0n) is 11.4. The van der Waals surface area contributed by atoms with Gasteiger partial charge in [0.25, 0.3) is 0 Å². The third-order valence-electron chi connectivity index (χ3n) is 3.21. The van der Waals surface area contributed by atoms with Crippen LogP contribution in [0.15, 0.2) is 42.5 Å². The molecule has 0 aliphatic heterocycles. The smallest absolute Gasteiger partial charge is 0.380 e. The summed E-state index contributed by atoms with van der Waals surface area (Å²) in [6.07, 6.45) is -4.34. The van der Waals surface area contributed by atoms with Gasteiger partial charge in [0, 0.05) is 12.2 Å². The highest BCUT2D eigenvalue weighted by Crippen LogP contribution is 2.34. The molecule has 0 aliphatic carbocycles. The van der Waals surface area contributed by atoms with Crippen LogP contribution in [0.4, 0.5) is 18.9 Å². The van der Waals surface area contributed by atoms with Gasteiger partial charge in [-0.25, -0.2) is 0 Å². The van der Waals surface area contributed by atoms with Crippen LogP contribution < -0.4 is 5.32 Å². The molecule has 106 valence electrons. The summed E-state index contributed by atoms with van der Waals surface area (Å²) in [5.74, 6) is 0. The van der Waals surface area contributed by atoms with Crippen molar-refractivity contribution in [3.63, 3.8) is 0 Å². The Labute approximate surface area is 116 Å². The largest absolute Gasteiger partial charge is 0.418 e. The van der Waals surface area contributed by atoms with E-state index in [1.807, 2.05) is 32.0 Å². The van der Waals surface area contributed by atoms with Crippen molar-refractivity contribution in [1.82, 2.24) is 0 Å². The lowest BCUT2D eigenvalue weighted by Gasteiger charge is -2.15. The molecule has 0 unspecified atom stereocenters. The first-order valence-electron chi connectivity index (χ1n) is 6.34. The standard InChI is InChI=1S/C16H16F3N/c1-11-7-8-12(2)13(9-11)10-20-15-6-4-3-5-14(15)16(17,18)19/h3-9,20H,10H2,1-2H3. The van der Waals surface area contributed by atoms with Gasteiger partial charge in [-0.1, -0.05) is 35.9 Å². The Morgan fingerprint density at radius 3 is 2.40 bits per heavy atom. The van der Waals surface area contributed by atoms with E-state index in [4.69, 9.17) is 0 Å². The van der Waals surface area contributed by atoms with Crippen LogP contribution in [0.3, 0.4) is 0 Å². The maximum Gasteiger partial charge on any atom is 0.418 e. The second-order valence-electron chi connectivity index (χ2n) is 4.83. The Morgan fingerprint density at radius 1 is 1.00 bits per heavy atom. The first-order chi connectivity index (χ1) is 9.38. The van der Waals surface area contributed by atoms with Crippen molar-refractivity contribution in [3.05, 3.63) is 64.7 Å².